The Morgan fingerprint density at radius 3 is 2.53 bits per heavy atom. The third-order valence-corrected chi connectivity index (χ3v) is 3.68. The molecule has 0 heterocycles. The summed E-state index contributed by atoms with van der Waals surface area (Å²) in [6.07, 6.45) is 9.06. The van der Waals surface area contributed by atoms with Gasteiger partial charge in [0.1, 0.15) is 0 Å². The molecular formula is C14H21NO2. The van der Waals surface area contributed by atoms with Gasteiger partial charge in [0.2, 0.25) is 5.91 Å². The number of aliphatic hydroxyl groups excluding tert-OH is 1. The molecule has 2 rings (SSSR count). The predicted octanol–water partition coefficient (Wildman–Crippen LogP) is 2.07. The van der Waals surface area contributed by atoms with E-state index in [0.29, 0.717) is 0 Å². The van der Waals surface area contributed by atoms with Crippen LogP contribution in [-0.2, 0) is 4.79 Å². The molecule has 0 saturated heterocycles. The van der Waals surface area contributed by atoms with Gasteiger partial charge in [-0.2, -0.15) is 0 Å². The Morgan fingerprint density at radius 1 is 1.24 bits per heavy atom. The van der Waals surface area contributed by atoms with Crippen molar-refractivity contribution in [2.45, 2.75) is 57.6 Å². The summed E-state index contributed by atoms with van der Waals surface area (Å²) in [6.45, 7) is 2.09. The standard InChI is InChI=1S/C14H21NO2/c1-10-2-4-11(5-3-10)14(17)15-12-6-8-13(16)9-7-12/h2,4,12-13,16H,3,5-9H2,1H3,(H,15,17). The summed E-state index contributed by atoms with van der Waals surface area (Å²) in [5.41, 5.74) is 2.23. The lowest BCUT2D eigenvalue weighted by Crippen LogP contribution is -2.39. The maximum absolute atomic E-state index is 12.0. The van der Waals surface area contributed by atoms with E-state index in [9.17, 15) is 9.90 Å². The van der Waals surface area contributed by atoms with Crippen LogP contribution in [-0.4, -0.2) is 23.2 Å². The Labute approximate surface area is 103 Å². The molecule has 2 aliphatic rings. The first-order valence-corrected chi connectivity index (χ1v) is 6.50. The molecule has 0 radical (unpaired) electrons. The van der Waals surface area contributed by atoms with Gasteiger partial charge in [-0.1, -0.05) is 17.7 Å². The minimum absolute atomic E-state index is 0.0788. The molecule has 0 aromatic heterocycles. The van der Waals surface area contributed by atoms with Crippen molar-refractivity contribution >= 4 is 5.91 Å². The van der Waals surface area contributed by atoms with E-state index in [4.69, 9.17) is 0 Å². The summed E-state index contributed by atoms with van der Waals surface area (Å²) in [4.78, 5) is 12.0. The Morgan fingerprint density at radius 2 is 1.94 bits per heavy atom. The van der Waals surface area contributed by atoms with Crippen molar-refractivity contribution in [2.24, 2.45) is 0 Å². The van der Waals surface area contributed by atoms with Gasteiger partial charge in [-0.05, 0) is 45.4 Å². The van der Waals surface area contributed by atoms with Crippen LogP contribution in [0.4, 0.5) is 0 Å². The van der Waals surface area contributed by atoms with Crippen molar-refractivity contribution in [3.05, 3.63) is 23.3 Å². The van der Waals surface area contributed by atoms with Crippen molar-refractivity contribution < 1.29 is 9.90 Å². The molecule has 2 aliphatic carbocycles. The summed E-state index contributed by atoms with van der Waals surface area (Å²) in [5.74, 6) is 0.0788. The van der Waals surface area contributed by atoms with Crippen LogP contribution < -0.4 is 5.32 Å². The minimum Gasteiger partial charge on any atom is -0.393 e. The fourth-order valence-corrected chi connectivity index (χ4v) is 2.43. The molecule has 0 atom stereocenters. The molecule has 1 saturated carbocycles. The van der Waals surface area contributed by atoms with Crippen LogP contribution in [0, 0.1) is 0 Å². The molecule has 3 heteroatoms. The lowest BCUT2D eigenvalue weighted by Gasteiger charge is -2.26. The van der Waals surface area contributed by atoms with Crippen LogP contribution in [0.5, 0.6) is 0 Å². The summed E-state index contributed by atoms with van der Waals surface area (Å²) in [7, 11) is 0. The van der Waals surface area contributed by atoms with Gasteiger partial charge >= 0.3 is 0 Å². The quantitative estimate of drug-likeness (QED) is 0.770. The van der Waals surface area contributed by atoms with Crippen molar-refractivity contribution in [1.29, 1.82) is 0 Å². The van der Waals surface area contributed by atoms with Crippen LogP contribution >= 0.6 is 0 Å². The Bertz CT molecular complexity index is 349. The predicted molar refractivity (Wildman–Crippen MR) is 67.5 cm³/mol. The SMILES string of the molecule is CC1=CC=C(C(=O)NC2CCC(O)CC2)CC1. The molecule has 0 unspecified atom stereocenters. The van der Waals surface area contributed by atoms with E-state index >= 15 is 0 Å². The van der Waals surface area contributed by atoms with E-state index < -0.39 is 0 Å². The average molecular weight is 235 g/mol. The van der Waals surface area contributed by atoms with Gasteiger partial charge in [-0.15, -0.1) is 0 Å². The highest BCUT2D eigenvalue weighted by Crippen LogP contribution is 2.21. The molecule has 0 aromatic rings. The number of aliphatic hydroxyl groups is 1. The highest BCUT2D eigenvalue weighted by molar-refractivity contribution is 5.94. The molecular weight excluding hydrogens is 214 g/mol. The normalized spacial score (nSPS) is 29.3. The molecule has 3 nitrogen and oxygen atoms in total. The summed E-state index contributed by atoms with van der Waals surface area (Å²) >= 11 is 0. The maximum atomic E-state index is 12.0. The van der Waals surface area contributed by atoms with E-state index in [1.54, 1.807) is 0 Å². The number of amides is 1. The molecule has 0 aromatic carbocycles. The minimum atomic E-state index is -0.164. The summed E-state index contributed by atoms with van der Waals surface area (Å²) < 4.78 is 0. The fourth-order valence-electron chi connectivity index (χ4n) is 2.43. The van der Waals surface area contributed by atoms with Gasteiger partial charge in [-0.3, -0.25) is 4.79 Å². The van der Waals surface area contributed by atoms with Crippen LogP contribution in [0.25, 0.3) is 0 Å². The van der Waals surface area contributed by atoms with Crippen LogP contribution in [0.3, 0.4) is 0 Å². The van der Waals surface area contributed by atoms with E-state index in [1.165, 1.54) is 5.57 Å². The number of rotatable bonds is 2. The Balaban J connectivity index is 1.85. The molecule has 0 bridgehead atoms. The second-order valence-corrected chi connectivity index (χ2v) is 5.18. The third-order valence-electron chi connectivity index (χ3n) is 3.68. The number of carbonyl (C=O) groups is 1. The summed E-state index contributed by atoms with van der Waals surface area (Å²) in [5, 5.41) is 12.5. The van der Waals surface area contributed by atoms with Gasteiger partial charge in [-0.25, -0.2) is 0 Å². The molecule has 0 spiro atoms. The number of hydrogen-bond donors (Lipinski definition) is 2. The monoisotopic (exact) mass is 235 g/mol. The number of nitrogens with one attached hydrogen (secondary N) is 1. The topological polar surface area (TPSA) is 49.3 Å². The van der Waals surface area contributed by atoms with Gasteiger partial charge in [0.25, 0.3) is 0 Å². The second-order valence-electron chi connectivity index (χ2n) is 5.18. The Kier molecular flexibility index (Phi) is 4.00. The highest BCUT2D eigenvalue weighted by atomic mass is 16.3. The fraction of sp³-hybridized carbons (Fsp3) is 0.643. The molecule has 1 fully saturated rings. The van der Waals surface area contributed by atoms with Crippen LogP contribution in [0.15, 0.2) is 23.3 Å². The molecule has 0 aliphatic heterocycles. The number of allylic oxidation sites excluding steroid dienone is 3. The largest absolute Gasteiger partial charge is 0.393 e. The first kappa shape index (κ1) is 12.4. The summed E-state index contributed by atoms with van der Waals surface area (Å²) in [6, 6.07) is 0.249. The third kappa shape index (κ3) is 3.43. The van der Waals surface area contributed by atoms with Crippen molar-refractivity contribution in [1.82, 2.24) is 5.32 Å². The second kappa shape index (κ2) is 5.50. The van der Waals surface area contributed by atoms with Crippen LogP contribution in [0.2, 0.25) is 0 Å². The van der Waals surface area contributed by atoms with E-state index in [-0.39, 0.29) is 18.1 Å². The molecule has 94 valence electrons. The lowest BCUT2D eigenvalue weighted by molar-refractivity contribution is -0.118. The van der Waals surface area contributed by atoms with Gasteiger partial charge in [0.05, 0.1) is 6.10 Å². The zero-order chi connectivity index (χ0) is 12.3. The van der Waals surface area contributed by atoms with E-state index in [1.807, 2.05) is 12.2 Å². The zero-order valence-corrected chi connectivity index (χ0v) is 10.4. The van der Waals surface area contributed by atoms with E-state index in [2.05, 4.69) is 12.2 Å². The average Bonchev–Trinajstić information content (AvgIpc) is 2.33. The van der Waals surface area contributed by atoms with Gasteiger partial charge < -0.3 is 10.4 Å². The van der Waals surface area contributed by atoms with E-state index in [0.717, 1.165) is 44.1 Å². The van der Waals surface area contributed by atoms with Crippen molar-refractivity contribution in [2.75, 3.05) is 0 Å². The molecule has 17 heavy (non-hydrogen) atoms. The Hall–Kier alpha value is -1.09. The molecule has 2 N–H and O–H groups in total. The number of carbonyl (C=O) groups excluding carboxylic acids is 1. The first-order valence-electron chi connectivity index (χ1n) is 6.50. The van der Waals surface area contributed by atoms with Crippen LogP contribution in [0.1, 0.15) is 45.4 Å². The first-order chi connectivity index (χ1) is 8.15. The van der Waals surface area contributed by atoms with Crippen molar-refractivity contribution in [3.63, 3.8) is 0 Å². The smallest absolute Gasteiger partial charge is 0.247 e. The number of hydrogen-bond acceptors (Lipinski definition) is 2. The lowest BCUT2D eigenvalue weighted by atomic mass is 9.92. The van der Waals surface area contributed by atoms with Gasteiger partial charge in [0, 0.05) is 11.6 Å². The van der Waals surface area contributed by atoms with Gasteiger partial charge in [0.15, 0.2) is 0 Å². The maximum Gasteiger partial charge on any atom is 0.247 e. The molecule has 1 amide bonds. The highest BCUT2D eigenvalue weighted by Gasteiger charge is 2.22. The van der Waals surface area contributed by atoms with Crippen molar-refractivity contribution in [3.8, 4) is 0 Å². The zero-order valence-electron chi connectivity index (χ0n) is 10.4.